The van der Waals surface area contributed by atoms with Crippen LogP contribution < -0.4 is 10.1 Å². The van der Waals surface area contributed by atoms with Gasteiger partial charge in [0.05, 0.1) is 12.8 Å². The van der Waals surface area contributed by atoms with E-state index < -0.39 is 0 Å². The van der Waals surface area contributed by atoms with E-state index >= 15 is 0 Å². The topological polar surface area (TPSA) is 76.4 Å². The van der Waals surface area contributed by atoms with Gasteiger partial charge in [-0.05, 0) is 36.5 Å². The van der Waals surface area contributed by atoms with Crippen molar-refractivity contribution in [3.05, 3.63) is 41.6 Å². The number of hydrogen-bond acceptors (Lipinski definition) is 4. The van der Waals surface area contributed by atoms with Gasteiger partial charge in [0.1, 0.15) is 18.2 Å². The van der Waals surface area contributed by atoms with E-state index in [0.717, 1.165) is 23.5 Å². The SMILES string of the molecule is O=C1C[C@H](c2cccc(OCCO)c2)c2cnn(CC3CCCCC3)c2N1. The number of hydrogen-bond donors (Lipinski definition) is 2. The maximum absolute atomic E-state index is 12.4. The maximum atomic E-state index is 12.4. The Balaban J connectivity index is 1.59. The number of anilines is 1. The lowest BCUT2D eigenvalue weighted by molar-refractivity contribution is -0.116. The largest absolute Gasteiger partial charge is 0.491 e. The zero-order valence-electron chi connectivity index (χ0n) is 15.6. The van der Waals surface area contributed by atoms with Crippen molar-refractivity contribution in [1.82, 2.24) is 9.78 Å². The highest BCUT2D eigenvalue weighted by atomic mass is 16.5. The molecule has 1 aliphatic carbocycles. The van der Waals surface area contributed by atoms with Gasteiger partial charge in [0.25, 0.3) is 0 Å². The molecule has 2 N–H and O–H groups in total. The number of amides is 1. The maximum Gasteiger partial charge on any atom is 0.226 e. The van der Waals surface area contributed by atoms with Crippen molar-refractivity contribution in [2.75, 3.05) is 18.5 Å². The van der Waals surface area contributed by atoms with Crippen molar-refractivity contribution < 1.29 is 14.6 Å². The van der Waals surface area contributed by atoms with E-state index in [1.165, 1.54) is 32.1 Å². The van der Waals surface area contributed by atoms with Crippen LogP contribution in [-0.2, 0) is 11.3 Å². The molecule has 1 saturated carbocycles. The number of fused-ring (bicyclic) bond motifs is 1. The van der Waals surface area contributed by atoms with Gasteiger partial charge >= 0.3 is 0 Å². The smallest absolute Gasteiger partial charge is 0.226 e. The molecule has 4 rings (SSSR count). The van der Waals surface area contributed by atoms with Crippen molar-refractivity contribution in [2.24, 2.45) is 5.92 Å². The van der Waals surface area contributed by atoms with Gasteiger partial charge in [0.15, 0.2) is 0 Å². The molecule has 0 saturated heterocycles. The number of carbonyl (C=O) groups is 1. The van der Waals surface area contributed by atoms with Crippen LogP contribution in [0.2, 0.25) is 0 Å². The Labute approximate surface area is 159 Å². The second kappa shape index (κ2) is 8.13. The van der Waals surface area contributed by atoms with Gasteiger partial charge in [0.2, 0.25) is 5.91 Å². The van der Waals surface area contributed by atoms with Crippen LogP contribution in [0.25, 0.3) is 0 Å². The molecule has 1 fully saturated rings. The number of carbonyl (C=O) groups excluding carboxylic acids is 1. The highest BCUT2D eigenvalue weighted by Gasteiger charge is 2.30. The van der Waals surface area contributed by atoms with E-state index in [9.17, 15) is 4.79 Å². The summed E-state index contributed by atoms with van der Waals surface area (Å²) in [5, 5.41) is 16.6. The summed E-state index contributed by atoms with van der Waals surface area (Å²) < 4.78 is 7.52. The Morgan fingerprint density at radius 2 is 2.11 bits per heavy atom. The summed E-state index contributed by atoms with van der Waals surface area (Å²) in [6.07, 6.45) is 8.73. The number of nitrogens with one attached hydrogen (secondary N) is 1. The minimum Gasteiger partial charge on any atom is -0.491 e. The van der Waals surface area contributed by atoms with E-state index in [-0.39, 0.29) is 25.0 Å². The lowest BCUT2D eigenvalue weighted by Gasteiger charge is -2.26. The first-order valence-corrected chi connectivity index (χ1v) is 9.94. The molecule has 2 aromatic rings. The number of ether oxygens (including phenoxy) is 1. The molecule has 144 valence electrons. The molecule has 6 heteroatoms. The summed E-state index contributed by atoms with van der Waals surface area (Å²) in [5.74, 6) is 2.22. The van der Waals surface area contributed by atoms with Crippen molar-refractivity contribution >= 4 is 11.7 Å². The average molecular weight is 369 g/mol. The van der Waals surface area contributed by atoms with Crippen LogP contribution >= 0.6 is 0 Å². The Morgan fingerprint density at radius 1 is 1.26 bits per heavy atom. The van der Waals surface area contributed by atoms with E-state index in [4.69, 9.17) is 9.84 Å². The number of nitrogens with zero attached hydrogens (tertiary/aromatic N) is 2. The van der Waals surface area contributed by atoms with Crippen molar-refractivity contribution in [3.63, 3.8) is 0 Å². The Bertz CT molecular complexity index is 796. The van der Waals surface area contributed by atoms with Crippen molar-refractivity contribution in [2.45, 2.75) is 51.0 Å². The van der Waals surface area contributed by atoms with Gasteiger partial charge in [-0.1, -0.05) is 31.4 Å². The number of benzene rings is 1. The summed E-state index contributed by atoms with van der Waals surface area (Å²) in [7, 11) is 0. The minimum atomic E-state index is -0.0217. The number of rotatable bonds is 6. The van der Waals surface area contributed by atoms with Crippen LogP contribution in [0.15, 0.2) is 30.5 Å². The monoisotopic (exact) mass is 369 g/mol. The molecule has 0 radical (unpaired) electrons. The van der Waals surface area contributed by atoms with Crippen LogP contribution in [-0.4, -0.2) is 34.0 Å². The first-order valence-electron chi connectivity index (χ1n) is 9.94. The fourth-order valence-corrected chi connectivity index (χ4v) is 4.30. The molecule has 2 aliphatic rings. The average Bonchev–Trinajstić information content (AvgIpc) is 3.09. The second-order valence-corrected chi connectivity index (χ2v) is 7.58. The third-order valence-electron chi connectivity index (χ3n) is 5.67. The van der Waals surface area contributed by atoms with E-state index in [1.54, 1.807) is 0 Å². The lowest BCUT2D eigenvalue weighted by atomic mass is 9.87. The Kier molecular flexibility index (Phi) is 5.43. The Hall–Kier alpha value is -2.34. The third kappa shape index (κ3) is 4.00. The van der Waals surface area contributed by atoms with Crippen LogP contribution in [0.5, 0.6) is 5.75 Å². The van der Waals surface area contributed by atoms with Gasteiger partial charge in [-0.25, -0.2) is 4.68 Å². The van der Waals surface area contributed by atoms with Crippen LogP contribution in [0.4, 0.5) is 5.82 Å². The highest BCUT2D eigenvalue weighted by Crippen LogP contribution is 2.38. The van der Waals surface area contributed by atoms with Gasteiger partial charge in [-0.3, -0.25) is 4.79 Å². The summed E-state index contributed by atoms with van der Waals surface area (Å²) in [5.41, 5.74) is 2.11. The second-order valence-electron chi connectivity index (χ2n) is 7.58. The summed E-state index contributed by atoms with van der Waals surface area (Å²) in [6, 6.07) is 7.79. The minimum absolute atomic E-state index is 0.0197. The van der Waals surface area contributed by atoms with Gasteiger partial charge in [0, 0.05) is 24.4 Å². The molecule has 1 aromatic heterocycles. The van der Waals surface area contributed by atoms with Crippen LogP contribution in [0, 0.1) is 5.92 Å². The normalized spacial score (nSPS) is 20.2. The zero-order chi connectivity index (χ0) is 18.6. The molecule has 2 heterocycles. The van der Waals surface area contributed by atoms with Gasteiger partial charge in [-0.2, -0.15) is 5.10 Å². The highest BCUT2D eigenvalue weighted by molar-refractivity contribution is 5.94. The molecule has 1 atom stereocenters. The fraction of sp³-hybridized carbons (Fsp3) is 0.524. The molecule has 27 heavy (non-hydrogen) atoms. The number of aliphatic hydroxyl groups excluding tert-OH is 1. The number of aromatic nitrogens is 2. The third-order valence-corrected chi connectivity index (χ3v) is 5.67. The quantitative estimate of drug-likeness (QED) is 0.819. The molecule has 1 aromatic carbocycles. The first-order chi connectivity index (χ1) is 13.2. The van der Waals surface area contributed by atoms with Crippen molar-refractivity contribution in [1.29, 1.82) is 0 Å². The standard InChI is InChI=1S/C21H27N3O3/c25-9-10-27-17-8-4-7-16(11-17)18-12-20(26)23-21-19(18)13-22-24(21)14-15-5-2-1-3-6-15/h4,7-8,11,13,15,18,25H,1-3,5-6,9-10,12,14H2,(H,23,26)/t18-/m1/s1. The van der Waals surface area contributed by atoms with Crippen molar-refractivity contribution in [3.8, 4) is 5.75 Å². The van der Waals surface area contributed by atoms with Gasteiger partial charge in [-0.15, -0.1) is 0 Å². The fourth-order valence-electron chi connectivity index (χ4n) is 4.30. The molecule has 0 spiro atoms. The van der Waals surface area contributed by atoms with E-state index in [0.29, 0.717) is 18.1 Å². The molecule has 1 amide bonds. The molecule has 1 aliphatic heterocycles. The van der Waals surface area contributed by atoms with Crippen LogP contribution in [0.1, 0.15) is 55.6 Å². The predicted molar refractivity (Wildman–Crippen MR) is 103 cm³/mol. The summed E-state index contributed by atoms with van der Waals surface area (Å²) in [4.78, 5) is 12.4. The molecule has 0 bridgehead atoms. The first kappa shape index (κ1) is 18.0. The predicted octanol–water partition coefficient (Wildman–Crippen LogP) is 3.31. The molecule has 6 nitrogen and oxygen atoms in total. The lowest BCUT2D eigenvalue weighted by Crippen LogP contribution is -2.26. The van der Waals surface area contributed by atoms with Gasteiger partial charge < -0.3 is 15.2 Å². The Morgan fingerprint density at radius 3 is 2.93 bits per heavy atom. The van der Waals surface area contributed by atoms with Crippen LogP contribution in [0.3, 0.4) is 0 Å². The number of aliphatic hydroxyl groups is 1. The van der Waals surface area contributed by atoms with E-state index in [2.05, 4.69) is 10.4 Å². The van der Waals surface area contributed by atoms with E-state index in [1.807, 2.05) is 35.1 Å². The molecular weight excluding hydrogens is 342 g/mol. The zero-order valence-corrected chi connectivity index (χ0v) is 15.6. The summed E-state index contributed by atoms with van der Waals surface area (Å²) >= 11 is 0. The summed E-state index contributed by atoms with van der Waals surface area (Å²) in [6.45, 7) is 1.12. The molecule has 0 unspecified atom stereocenters. The molecular formula is C21H27N3O3.